The van der Waals surface area contributed by atoms with Crippen LogP contribution in [-0.2, 0) is 28.9 Å². The molecule has 2 aliphatic heterocycles. The summed E-state index contributed by atoms with van der Waals surface area (Å²) in [6.45, 7) is 1.63. The van der Waals surface area contributed by atoms with Gasteiger partial charge in [-0.2, -0.15) is 0 Å². The molecule has 2 unspecified atom stereocenters. The minimum atomic E-state index is -0.704. The fourth-order valence-corrected chi connectivity index (χ4v) is 2.83. The smallest absolute Gasteiger partial charge is 0.307 e. The van der Waals surface area contributed by atoms with Crippen LogP contribution in [0.3, 0.4) is 0 Å². The summed E-state index contributed by atoms with van der Waals surface area (Å²) in [5.74, 6) is -0.0537. The quantitative estimate of drug-likeness (QED) is 0.877. The Morgan fingerprint density at radius 1 is 1.56 bits per heavy atom. The van der Waals surface area contributed by atoms with Crippen LogP contribution in [0.2, 0.25) is 0 Å². The van der Waals surface area contributed by atoms with E-state index in [0.29, 0.717) is 18.9 Å². The number of carboxylic acid groups (broad SMARTS) is 1. The lowest BCUT2D eigenvalue weighted by Gasteiger charge is -2.19. The Bertz CT molecular complexity index is 449. The molecule has 98 valence electrons. The van der Waals surface area contributed by atoms with Gasteiger partial charge in [0.05, 0.1) is 17.7 Å². The lowest BCUT2D eigenvalue weighted by atomic mass is 9.98. The van der Waals surface area contributed by atoms with Crippen molar-refractivity contribution in [2.75, 3.05) is 6.61 Å². The number of aryl methyl sites for hydroxylation is 1. The lowest BCUT2D eigenvalue weighted by Crippen LogP contribution is -2.25. The third kappa shape index (κ3) is 2.27. The number of carbonyl (C=O) groups is 1. The first-order valence-electron chi connectivity index (χ1n) is 6.61. The maximum atomic E-state index is 11.0. The molecular formula is C13H18N2O3. The van der Waals surface area contributed by atoms with Crippen LogP contribution in [0.5, 0.6) is 0 Å². The molecule has 1 aromatic heterocycles. The molecule has 2 aliphatic rings. The molecule has 2 atom stereocenters. The molecule has 1 saturated heterocycles. The van der Waals surface area contributed by atoms with Gasteiger partial charge >= 0.3 is 5.97 Å². The third-order valence-corrected chi connectivity index (χ3v) is 3.87. The van der Waals surface area contributed by atoms with Gasteiger partial charge in [0.1, 0.15) is 5.82 Å². The predicted molar refractivity (Wildman–Crippen MR) is 64.4 cm³/mol. The van der Waals surface area contributed by atoms with Gasteiger partial charge in [-0.05, 0) is 19.3 Å². The van der Waals surface area contributed by atoms with Gasteiger partial charge in [0.15, 0.2) is 0 Å². The van der Waals surface area contributed by atoms with E-state index in [1.54, 1.807) is 0 Å². The van der Waals surface area contributed by atoms with Crippen LogP contribution in [0.15, 0.2) is 6.20 Å². The van der Waals surface area contributed by atoms with Gasteiger partial charge in [-0.15, -0.1) is 0 Å². The van der Waals surface area contributed by atoms with E-state index in [-0.39, 0.29) is 5.92 Å². The summed E-state index contributed by atoms with van der Waals surface area (Å²) in [5.41, 5.74) is 1.04. The first-order valence-corrected chi connectivity index (χ1v) is 6.61. The fourth-order valence-electron chi connectivity index (χ4n) is 2.83. The highest BCUT2D eigenvalue weighted by molar-refractivity contribution is 5.70. The minimum Gasteiger partial charge on any atom is -0.481 e. The van der Waals surface area contributed by atoms with E-state index in [4.69, 9.17) is 9.84 Å². The van der Waals surface area contributed by atoms with Gasteiger partial charge in [-0.1, -0.05) is 0 Å². The van der Waals surface area contributed by atoms with Crippen LogP contribution in [0, 0.1) is 5.92 Å². The minimum absolute atomic E-state index is 0.268. The SMILES string of the molecule is O=C(O)C1CCn2cc(CC3CCCO3)nc2C1. The maximum absolute atomic E-state index is 11.0. The topological polar surface area (TPSA) is 64.3 Å². The number of carboxylic acids is 1. The molecule has 1 aromatic rings. The van der Waals surface area contributed by atoms with Crippen LogP contribution in [0.25, 0.3) is 0 Å². The van der Waals surface area contributed by atoms with Crippen molar-refractivity contribution in [3.63, 3.8) is 0 Å². The van der Waals surface area contributed by atoms with Crippen molar-refractivity contribution in [3.05, 3.63) is 17.7 Å². The number of nitrogens with zero attached hydrogens (tertiary/aromatic N) is 2. The highest BCUT2D eigenvalue weighted by Crippen LogP contribution is 2.22. The van der Waals surface area contributed by atoms with E-state index in [1.165, 1.54) is 0 Å². The van der Waals surface area contributed by atoms with Gasteiger partial charge in [-0.25, -0.2) is 4.98 Å². The Hall–Kier alpha value is -1.36. The Morgan fingerprint density at radius 3 is 3.17 bits per heavy atom. The number of hydrogen-bond donors (Lipinski definition) is 1. The highest BCUT2D eigenvalue weighted by Gasteiger charge is 2.26. The van der Waals surface area contributed by atoms with Crippen molar-refractivity contribution in [1.29, 1.82) is 0 Å². The first-order chi connectivity index (χ1) is 8.72. The van der Waals surface area contributed by atoms with Gasteiger partial charge < -0.3 is 14.4 Å². The van der Waals surface area contributed by atoms with Crippen molar-refractivity contribution in [2.24, 2.45) is 5.92 Å². The van der Waals surface area contributed by atoms with Crippen molar-refractivity contribution in [2.45, 2.75) is 44.8 Å². The van der Waals surface area contributed by atoms with Gasteiger partial charge in [0.2, 0.25) is 0 Å². The standard InChI is InChI=1S/C13H18N2O3/c16-13(17)9-3-4-15-8-10(14-12(15)6-9)7-11-2-1-5-18-11/h8-9,11H,1-7H2,(H,16,17). The summed E-state index contributed by atoms with van der Waals surface area (Å²) in [7, 11) is 0. The average molecular weight is 250 g/mol. The third-order valence-electron chi connectivity index (χ3n) is 3.87. The summed E-state index contributed by atoms with van der Waals surface area (Å²) >= 11 is 0. The second kappa shape index (κ2) is 4.72. The van der Waals surface area contributed by atoms with Gasteiger partial charge in [0.25, 0.3) is 0 Å². The predicted octanol–water partition coefficient (Wildman–Crippen LogP) is 1.25. The molecule has 0 saturated carbocycles. The summed E-state index contributed by atoms with van der Waals surface area (Å²) in [6.07, 6.45) is 6.74. The number of aliphatic carboxylic acids is 1. The van der Waals surface area contributed by atoms with Crippen molar-refractivity contribution < 1.29 is 14.6 Å². The highest BCUT2D eigenvalue weighted by atomic mass is 16.5. The Kier molecular flexibility index (Phi) is 3.07. The molecule has 0 bridgehead atoms. The second-order valence-corrected chi connectivity index (χ2v) is 5.21. The van der Waals surface area contributed by atoms with E-state index in [9.17, 15) is 4.79 Å². The molecule has 3 heterocycles. The number of ether oxygens (including phenoxy) is 1. The second-order valence-electron chi connectivity index (χ2n) is 5.21. The van der Waals surface area contributed by atoms with Gasteiger partial charge in [0, 0.05) is 32.2 Å². The number of fused-ring (bicyclic) bond motifs is 1. The van der Waals surface area contributed by atoms with E-state index >= 15 is 0 Å². The van der Waals surface area contributed by atoms with Crippen molar-refractivity contribution >= 4 is 5.97 Å². The molecule has 1 N–H and O–H groups in total. The van der Waals surface area contributed by atoms with Crippen LogP contribution < -0.4 is 0 Å². The monoisotopic (exact) mass is 250 g/mol. The Morgan fingerprint density at radius 2 is 2.44 bits per heavy atom. The zero-order valence-electron chi connectivity index (χ0n) is 10.3. The van der Waals surface area contributed by atoms with Crippen LogP contribution >= 0.6 is 0 Å². The van der Waals surface area contributed by atoms with Crippen LogP contribution in [-0.4, -0.2) is 33.3 Å². The fraction of sp³-hybridized carbons (Fsp3) is 0.692. The van der Waals surface area contributed by atoms with E-state index < -0.39 is 5.97 Å². The van der Waals surface area contributed by atoms with Crippen molar-refractivity contribution in [1.82, 2.24) is 9.55 Å². The largest absolute Gasteiger partial charge is 0.481 e. The number of rotatable bonds is 3. The molecule has 0 spiro atoms. The van der Waals surface area contributed by atoms with Crippen molar-refractivity contribution in [3.8, 4) is 0 Å². The summed E-state index contributed by atoms with van der Waals surface area (Å²) in [4.78, 5) is 15.6. The number of hydrogen-bond acceptors (Lipinski definition) is 3. The zero-order chi connectivity index (χ0) is 12.5. The molecule has 18 heavy (non-hydrogen) atoms. The van der Waals surface area contributed by atoms with E-state index in [0.717, 1.165) is 43.9 Å². The summed E-state index contributed by atoms with van der Waals surface area (Å²) < 4.78 is 7.71. The van der Waals surface area contributed by atoms with Crippen LogP contribution in [0.4, 0.5) is 0 Å². The molecule has 0 radical (unpaired) electrons. The van der Waals surface area contributed by atoms with E-state index in [1.807, 2.05) is 0 Å². The Labute approximate surface area is 106 Å². The summed E-state index contributed by atoms with van der Waals surface area (Å²) in [5, 5.41) is 9.04. The molecule has 3 rings (SSSR count). The molecule has 5 nitrogen and oxygen atoms in total. The molecule has 5 heteroatoms. The number of imidazole rings is 1. The molecular weight excluding hydrogens is 232 g/mol. The number of aromatic nitrogens is 2. The normalized spacial score (nSPS) is 27.1. The van der Waals surface area contributed by atoms with Gasteiger partial charge in [-0.3, -0.25) is 4.79 Å². The van der Waals surface area contributed by atoms with Crippen LogP contribution in [0.1, 0.15) is 30.8 Å². The maximum Gasteiger partial charge on any atom is 0.307 e. The molecule has 0 aliphatic carbocycles. The summed E-state index contributed by atoms with van der Waals surface area (Å²) in [6, 6.07) is 0. The molecule has 1 fully saturated rings. The Balaban J connectivity index is 1.70. The first kappa shape index (κ1) is 11.7. The average Bonchev–Trinajstić information content (AvgIpc) is 2.96. The lowest BCUT2D eigenvalue weighted by molar-refractivity contribution is -0.142. The van der Waals surface area contributed by atoms with E-state index in [2.05, 4.69) is 15.7 Å². The molecule has 0 amide bonds. The molecule has 0 aromatic carbocycles. The zero-order valence-corrected chi connectivity index (χ0v) is 10.3.